The van der Waals surface area contributed by atoms with Crippen LogP contribution in [0, 0.1) is 0 Å². The van der Waals surface area contributed by atoms with Crippen LogP contribution in [0.3, 0.4) is 0 Å². The summed E-state index contributed by atoms with van der Waals surface area (Å²) in [5.74, 6) is -13.8. The molecule has 0 saturated heterocycles. The summed E-state index contributed by atoms with van der Waals surface area (Å²) in [4.78, 5) is 10.4. The number of hydrogen-bond donors (Lipinski definition) is 1. The van der Waals surface area contributed by atoms with Gasteiger partial charge in [0, 0.05) is 6.42 Å². The van der Waals surface area contributed by atoms with Gasteiger partial charge in [-0.05, 0) is 0 Å². The van der Waals surface area contributed by atoms with Crippen LogP contribution in [0.5, 0.6) is 0 Å². The minimum atomic E-state index is -6.59. The second kappa shape index (κ2) is 5.93. The summed E-state index contributed by atoms with van der Waals surface area (Å²) < 4.78 is 99.3. The Morgan fingerprint density at radius 1 is 1.10 bits per heavy atom. The predicted molar refractivity (Wildman–Crippen MR) is 54.9 cm³/mol. The lowest BCUT2D eigenvalue weighted by Crippen LogP contribution is -2.57. The van der Waals surface area contributed by atoms with Gasteiger partial charge in [-0.15, -0.1) is 0 Å². The van der Waals surface area contributed by atoms with Gasteiger partial charge in [-0.25, -0.2) is 9.18 Å². The molecule has 0 aromatic carbocycles. The lowest BCUT2D eigenvalue weighted by molar-refractivity contribution is -0.883. The van der Waals surface area contributed by atoms with Crippen molar-refractivity contribution in [2.45, 2.75) is 30.6 Å². The molecular formula is C10H14F8NO2+. The van der Waals surface area contributed by atoms with Crippen LogP contribution in [0.25, 0.3) is 0 Å². The second-order valence-corrected chi connectivity index (χ2v) is 5.16. The summed E-state index contributed by atoms with van der Waals surface area (Å²) >= 11 is 0. The summed E-state index contributed by atoms with van der Waals surface area (Å²) in [6, 6.07) is 0. The van der Waals surface area contributed by atoms with Gasteiger partial charge in [-0.3, -0.25) is 0 Å². The SMILES string of the molecule is C[N+](C)(CCC(F)C(F)(F)C(F)(F)C(F)(F)F)CC(=O)O. The fraction of sp³-hybridized carbons (Fsp3) is 0.900. The Bertz CT molecular complexity index is 380. The van der Waals surface area contributed by atoms with Crippen molar-refractivity contribution in [2.24, 2.45) is 0 Å². The van der Waals surface area contributed by atoms with E-state index in [-0.39, 0.29) is 0 Å². The Balaban J connectivity index is 4.94. The van der Waals surface area contributed by atoms with Crippen LogP contribution >= 0.6 is 0 Å². The van der Waals surface area contributed by atoms with Crippen molar-refractivity contribution in [3.63, 3.8) is 0 Å². The third kappa shape index (κ3) is 4.68. The molecule has 0 amide bonds. The van der Waals surface area contributed by atoms with Gasteiger partial charge in [0.05, 0.1) is 20.6 Å². The van der Waals surface area contributed by atoms with Gasteiger partial charge in [-0.1, -0.05) is 0 Å². The van der Waals surface area contributed by atoms with E-state index in [0.29, 0.717) is 0 Å². The van der Waals surface area contributed by atoms with Crippen molar-refractivity contribution >= 4 is 5.97 Å². The highest BCUT2D eigenvalue weighted by Gasteiger charge is 2.75. The van der Waals surface area contributed by atoms with Crippen molar-refractivity contribution < 1.29 is 49.5 Å². The van der Waals surface area contributed by atoms with Crippen molar-refractivity contribution in [1.29, 1.82) is 0 Å². The van der Waals surface area contributed by atoms with Crippen LogP contribution in [0.4, 0.5) is 35.1 Å². The molecule has 0 rings (SSSR count). The fourth-order valence-corrected chi connectivity index (χ4v) is 1.48. The number of halogens is 8. The quantitative estimate of drug-likeness (QED) is 0.575. The minimum Gasteiger partial charge on any atom is -0.477 e. The zero-order valence-corrected chi connectivity index (χ0v) is 11.0. The Morgan fingerprint density at radius 3 is 1.86 bits per heavy atom. The van der Waals surface area contributed by atoms with E-state index in [1.807, 2.05) is 0 Å². The third-order valence-corrected chi connectivity index (χ3v) is 2.72. The molecule has 0 aliphatic heterocycles. The van der Waals surface area contributed by atoms with Crippen LogP contribution in [-0.2, 0) is 4.79 Å². The number of nitrogens with zero attached hydrogens (tertiary/aromatic N) is 1. The lowest BCUT2D eigenvalue weighted by atomic mass is 10.0. The molecule has 0 heterocycles. The number of likely N-dealkylation sites (N-methyl/N-ethyl adjacent to an activating group) is 1. The average molecular weight is 332 g/mol. The summed E-state index contributed by atoms with van der Waals surface area (Å²) in [6.07, 6.45) is -11.7. The first-order valence-corrected chi connectivity index (χ1v) is 5.55. The van der Waals surface area contributed by atoms with Crippen molar-refractivity contribution in [3.05, 3.63) is 0 Å². The van der Waals surface area contributed by atoms with E-state index in [9.17, 15) is 39.9 Å². The first-order chi connectivity index (χ1) is 9.04. The molecule has 21 heavy (non-hydrogen) atoms. The Labute approximate surface area is 114 Å². The molecule has 126 valence electrons. The van der Waals surface area contributed by atoms with Crippen LogP contribution in [0.1, 0.15) is 6.42 Å². The Morgan fingerprint density at radius 2 is 1.52 bits per heavy atom. The number of quaternary nitrogens is 1. The van der Waals surface area contributed by atoms with E-state index in [4.69, 9.17) is 5.11 Å². The van der Waals surface area contributed by atoms with E-state index in [1.165, 1.54) is 14.1 Å². The number of aliphatic carboxylic acids is 1. The van der Waals surface area contributed by atoms with E-state index in [1.54, 1.807) is 0 Å². The number of carboxylic acids is 1. The molecule has 0 saturated carbocycles. The summed E-state index contributed by atoms with van der Waals surface area (Å²) in [7, 11) is 2.36. The second-order valence-electron chi connectivity index (χ2n) is 5.16. The predicted octanol–water partition coefficient (Wildman–Crippen LogP) is 2.71. The van der Waals surface area contributed by atoms with Gasteiger partial charge < -0.3 is 9.59 Å². The number of rotatable bonds is 7. The molecule has 0 aromatic rings. The van der Waals surface area contributed by atoms with Gasteiger partial charge in [0.2, 0.25) is 0 Å². The molecule has 0 aromatic heterocycles. The first kappa shape index (κ1) is 19.9. The summed E-state index contributed by atoms with van der Waals surface area (Å²) in [6.45, 7) is -1.29. The standard InChI is InChI=1S/C10H13F8NO2/c1-19(2,5-7(20)21)4-3-6(11)8(12,13)9(14,15)10(16,17)18/h6H,3-5H2,1-2H3/p+1. The molecule has 1 N–H and O–H groups in total. The average Bonchev–Trinajstić information content (AvgIpc) is 2.22. The third-order valence-electron chi connectivity index (χ3n) is 2.72. The highest BCUT2D eigenvalue weighted by molar-refractivity contribution is 5.67. The molecule has 0 aliphatic rings. The topological polar surface area (TPSA) is 37.3 Å². The largest absolute Gasteiger partial charge is 0.477 e. The smallest absolute Gasteiger partial charge is 0.459 e. The maximum Gasteiger partial charge on any atom is 0.459 e. The van der Waals surface area contributed by atoms with Gasteiger partial charge in [0.25, 0.3) is 0 Å². The van der Waals surface area contributed by atoms with Crippen LogP contribution in [-0.4, -0.2) is 66.9 Å². The minimum absolute atomic E-state index is 0.552. The number of carbonyl (C=O) groups is 1. The maximum atomic E-state index is 13.2. The molecule has 1 atom stereocenters. The Hall–Kier alpha value is -1.13. The highest BCUT2D eigenvalue weighted by Crippen LogP contribution is 2.49. The molecule has 0 fully saturated rings. The molecule has 1 unspecified atom stereocenters. The number of alkyl halides is 8. The van der Waals surface area contributed by atoms with Crippen LogP contribution in [0.2, 0.25) is 0 Å². The van der Waals surface area contributed by atoms with Gasteiger partial charge in [0.1, 0.15) is 0 Å². The van der Waals surface area contributed by atoms with Crippen LogP contribution < -0.4 is 0 Å². The van der Waals surface area contributed by atoms with Gasteiger partial charge in [0.15, 0.2) is 12.7 Å². The number of hydrogen-bond acceptors (Lipinski definition) is 1. The number of carboxylic acid groups (broad SMARTS) is 1. The van der Waals surface area contributed by atoms with E-state index < -0.39 is 54.2 Å². The van der Waals surface area contributed by atoms with Gasteiger partial charge >= 0.3 is 24.0 Å². The molecule has 11 heteroatoms. The maximum absolute atomic E-state index is 13.2. The zero-order chi connectivity index (χ0) is 17.3. The first-order valence-electron chi connectivity index (χ1n) is 5.55. The monoisotopic (exact) mass is 332 g/mol. The summed E-state index contributed by atoms with van der Waals surface area (Å²) in [5, 5.41) is 8.48. The molecule has 0 aliphatic carbocycles. The van der Waals surface area contributed by atoms with E-state index in [0.717, 1.165) is 0 Å². The van der Waals surface area contributed by atoms with Gasteiger partial charge in [-0.2, -0.15) is 30.7 Å². The van der Waals surface area contributed by atoms with E-state index >= 15 is 0 Å². The van der Waals surface area contributed by atoms with Crippen molar-refractivity contribution in [3.8, 4) is 0 Å². The molecule has 0 radical (unpaired) electrons. The van der Waals surface area contributed by atoms with Crippen molar-refractivity contribution in [1.82, 2.24) is 0 Å². The Kier molecular flexibility index (Phi) is 5.61. The molecule has 0 spiro atoms. The molecule has 0 bridgehead atoms. The van der Waals surface area contributed by atoms with E-state index in [2.05, 4.69) is 0 Å². The van der Waals surface area contributed by atoms with Crippen LogP contribution in [0.15, 0.2) is 0 Å². The zero-order valence-electron chi connectivity index (χ0n) is 11.0. The summed E-state index contributed by atoms with van der Waals surface area (Å²) in [5.41, 5.74) is 0. The highest BCUT2D eigenvalue weighted by atomic mass is 19.4. The molecule has 3 nitrogen and oxygen atoms in total. The lowest BCUT2D eigenvalue weighted by Gasteiger charge is -2.33. The van der Waals surface area contributed by atoms with Crippen molar-refractivity contribution in [2.75, 3.05) is 27.2 Å². The fourth-order valence-electron chi connectivity index (χ4n) is 1.48. The normalized spacial score (nSPS) is 15.9. The molecular weight excluding hydrogens is 318 g/mol.